The van der Waals surface area contributed by atoms with Gasteiger partial charge < -0.3 is 34.0 Å². The fraction of sp³-hybridized carbons (Fsp3) is 0.462. The van der Waals surface area contributed by atoms with Crippen LogP contribution in [0.15, 0.2) is 36.4 Å². The SMILES string of the molecule is COc1cc(CNC(=O)N(C)C2(C=O)CCN(Cc3cc(OC)cc(OC)c3)CC2)cc(OC)c1. The molecule has 1 aliphatic heterocycles. The summed E-state index contributed by atoms with van der Waals surface area (Å²) in [6.07, 6.45) is 2.01. The fourth-order valence-corrected chi connectivity index (χ4v) is 4.31. The molecule has 1 heterocycles. The van der Waals surface area contributed by atoms with Gasteiger partial charge in [0.1, 0.15) is 34.8 Å². The number of carbonyl (C=O) groups excluding carboxylic acids is 2. The zero-order valence-electron chi connectivity index (χ0n) is 21.1. The van der Waals surface area contributed by atoms with Crippen molar-refractivity contribution in [2.45, 2.75) is 31.5 Å². The van der Waals surface area contributed by atoms with Gasteiger partial charge in [0.2, 0.25) is 0 Å². The quantitative estimate of drug-likeness (QED) is 0.517. The van der Waals surface area contributed by atoms with E-state index in [9.17, 15) is 9.59 Å². The highest BCUT2D eigenvalue weighted by atomic mass is 16.5. The average molecular weight is 486 g/mol. The average Bonchev–Trinajstić information content (AvgIpc) is 2.91. The molecule has 1 N–H and O–H groups in total. The molecular formula is C26H35N3O6. The van der Waals surface area contributed by atoms with E-state index in [1.165, 1.54) is 4.90 Å². The Morgan fingerprint density at radius 3 is 1.77 bits per heavy atom. The van der Waals surface area contributed by atoms with E-state index in [1.54, 1.807) is 41.6 Å². The monoisotopic (exact) mass is 485 g/mol. The maximum absolute atomic E-state index is 13.0. The van der Waals surface area contributed by atoms with Gasteiger partial charge in [-0.15, -0.1) is 0 Å². The number of methoxy groups -OCH3 is 4. The number of rotatable bonds is 10. The molecule has 0 aliphatic carbocycles. The first kappa shape index (κ1) is 26.2. The summed E-state index contributed by atoms with van der Waals surface area (Å²) >= 11 is 0. The lowest BCUT2D eigenvalue weighted by Gasteiger charge is -2.43. The molecular weight excluding hydrogens is 450 g/mol. The summed E-state index contributed by atoms with van der Waals surface area (Å²) in [5.41, 5.74) is 1.06. The van der Waals surface area contributed by atoms with Crippen molar-refractivity contribution in [3.8, 4) is 23.0 Å². The van der Waals surface area contributed by atoms with Gasteiger partial charge in [-0.3, -0.25) is 4.90 Å². The molecule has 190 valence electrons. The first-order chi connectivity index (χ1) is 16.9. The number of urea groups is 1. The van der Waals surface area contributed by atoms with Crippen LogP contribution in [0.2, 0.25) is 0 Å². The first-order valence-electron chi connectivity index (χ1n) is 11.5. The first-order valence-corrected chi connectivity index (χ1v) is 11.5. The lowest BCUT2D eigenvalue weighted by atomic mass is 9.87. The Bertz CT molecular complexity index is 976. The molecule has 0 atom stereocenters. The summed E-state index contributed by atoms with van der Waals surface area (Å²) in [6.45, 7) is 2.36. The van der Waals surface area contributed by atoms with E-state index >= 15 is 0 Å². The highest BCUT2D eigenvalue weighted by molar-refractivity contribution is 5.80. The van der Waals surface area contributed by atoms with Crippen LogP contribution in [0.1, 0.15) is 24.0 Å². The number of aldehydes is 1. The molecule has 1 fully saturated rings. The van der Waals surface area contributed by atoms with Gasteiger partial charge in [0.25, 0.3) is 0 Å². The van der Waals surface area contributed by atoms with Gasteiger partial charge in [-0.2, -0.15) is 0 Å². The van der Waals surface area contributed by atoms with Crippen molar-refractivity contribution >= 4 is 12.3 Å². The van der Waals surface area contributed by atoms with E-state index in [0.717, 1.165) is 28.9 Å². The van der Waals surface area contributed by atoms with Crippen molar-refractivity contribution in [2.75, 3.05) is 48.6 Å². The zero-order chi connectivity index (χ0) is 25.4. The van der Waals surface area contributed by atoms with E-state index in [4.69, 9.17) is 18.9 Å². The number of ether oxygens (including phenoxy) is 4. The van der Waals surface area contributed by atoms with E-state index in [0.29, 0.717) is 44.0 Å². The minimum absolute atomic E-state index is 0.287. The Balaban J connectivity index is 1.60. The molecule has 2 aromatic rings. The predicted molar refractivity (Wildman–Crippen MR) is 132 cm³/mol. The summed E-state index contributed by atoms with van der Waals surface area (Å²) in [5.74, 6) is 2.77. The van der Waals surface area contributed by atoms with Gasteiger partial charge >= 0.3 is 6.03 Å². The lowest BCUT2D eigenvalue weighted by Crippen LogP contribution is -2.58. The molecule has 1 saturated heterocycles. The molecule has 9 heteroatoms. The van der Waals surface area contributed by atoms with Gasteiger partial charge in [0, 0.05) is 45.4 Å². The predicted octanol–water partition coefficient (Wildman–Crippen LogP) is 3.10. The number of nitrogens with zero attached hydrogens (tertiary/aromatic N) is 2. The van der Waals surface area contributed by atoms with E-state index < -0.39 is 5.54 Å². The molecule has 0 radical (unpaired) electrons. The Kier molecular flexibility index (Phi) is 8.81. The topological polar surface area (TPSA) is 89.6 Å². The summed E-state index contributed by atoms with van der Waals surface area (Å²) in [6, 6.07) is 11.0. The number of likely N-dealkylation sites (N-methyl/N-ethyl adjacent to an activating group) is 1. The molecule has 2 amide bonds. The van der Waals surface area contributed by atoms with E-state index in [2.05, 4.69) is 10.2 Å². The largest absolute Gasteiger partial charge is 0.497 e. The number of hydrogen-bond acceptors (Lipinski definition) is 7. The number of hydrogen-bond donors (Lipinski definition) is 1. The highest BCUT2D eigenvalue weighted by Gasteiger charge is 2.40. The van der Waals surface area contributed by atoms with Gasteiger partial charge in [-0.05, 0) is 48.2 Å². The molecule has 3 rings (SSSR count). The molecule has 0 saturated carbocycles. The number of amides is 2. The minimum atomic E-state index is -0.848. The zero-order valence-corrected chi connectivity index (χ0v) is 21.1. The Labute approximate surface area is 206 Å². The summed E-state index contributed by atoms with van der Waals surface area (Å²) in [7, 11) is 8.09. The van der Waals surface area contributed by atoms with Crippen LogP contribution in [0, 0.1) is 0 Å². The van der Waals surface area contributed by atoms with E-state index in [-0.39, 0.29) is 12.6 Å². The van der Waals surface area contributed by atoms with Gasteiger partial charge in [0.15, 0.2) is 0 Å². The highest BCUT2D eigenvalue weighted by Crippen LogP contribution is 2.29. The van der Waals surface area contributed by atoms with Crippen molar-refractivity contribution in [1.29, 1.82) is 0 Å². The third kappa shape index (κ3) is 6.36. The van der Waals surface area contributed by atoms with Crippen LogP contribution in [0.4, 0.5) is 4.79 Å². The van der Waals surface area contributed by atoms with Crippen molar-refractivity contribution in [3.63, 3.8) is 0 Å². The van der Waals surface area contributed by atoms with Crippen LogP contribution in [-0.2, 0) is 17.9 Å². The minimum Gasteiger partial charge on any atom is -0.497 e. The van der Waals surface area contributed by atoms with Crippen LogP contribution in [0.25, 0.3) is 0 Å². The number of piperidine rings is 1. The molecule has 2 aromatic carbocycles. The summed E-state index contributed by atoms with van der Waals surface area (Å²) in [5, 5.41) is 2.91. The third-order valence-corrected chi connectivity index (χ3v) is 6.59. The lowest BCUT2D eigenvalue weighted by molar-refractivity contribution is -0.119. The maximum atomic E-state index is 13.0. The smallest absolute Gasteiger partial charge is 0.318 e. The van der Waals surface area contributed by atoms with Crippen molar-refractivity contribution < 1.29 is 28.5 Å². The second kappa shape index (κ2) is 11.8. The van der Waals surface area contributed by atoms with Gasteiger partial charge in [-0.1, -0.05) is 0 Å². The van der Waals surface area contributed by atoms with Crippen LogP contribution < -0.4 is 24.3 Å². The second-order valence-corrected chi connectivity index (χ2v) is 8.66. The molecule has 0 aromatic heterocycles. The van der Waals surface area contributed by atoms with Crippen molar-refractivity contribution in [2.24, 2.45) is 0 Å². The summed E-state index contributed by atoms with van der Waals surface area (Å²) in [4.78, 5) is 28.9. The third-order valence-electron chi connectivity index (χ3n) is 6.59. The van der Waals surface area contributed by atoms with Crippen molar-refractivity contribution in [1.82, 2.24) is 15.1 Å². The fourth-order valence-electron chi connectivity index (χ4n) is 4.31. The maximum Gasteiger partial charge on any atom is 0.318 e. The number of benzene rings is 2. The molecule has 0 unspecified atom stereocenters. The molecule has 0 bridgehead atoms. The van der Waals surface area contributed by atoms with Crippen LogP contribution in [0.5, 0.6) is 23.0 Å². The van der Waals surface area contributed by atoms with Crippen LogP contribution in [-0.4, -0.2) is 76.2 Å². The number of nitrogens with one attached hydrogen (secondary N) is 1. The normalized spacial score (nSPS) is 15.1. The molecule has 0 spiro atoms. The van der Waals surface area contributed by atoms with Crippen LogP contribution >= 0.6 is 0 Å². The Morgan fingerprint density at radius 2 is 1.34 bits per heavy atom. The number of carbonyl (C=O) groups is 2. The van der Waals surface area contributed by atoms with Gasteiger partial charge in [-0.25, -0.2) is 4.79 Å². The van der Waals surface area contributed by atoms with Crippen molar-refractivity contribution in [3.05, 3.63) is 47.5 Å². The molecule has 35 heavy (non-hydrogen) atoms. The molecule has 1 aliphatic rings. The van der Waals surface area contributed by atoms with Gasteiger partial charge in [0.05, 0.1) is 28.4 Å². The number of likely N-dealkylation sites (tertiary alicyclic amines) is 1. The molecule has 9 nitrogen and oxygen atoms in total. The second-order valence-electron chi connectivity index (χ2n) is 8.66. The standard InChI is InChI=1S/C26H35N3O6/c1-28(25(31)27-16-19-10-21(32-2)14-22(11-19)33-3)26(18-30)6-8-29(9-7-26)17-20-12-23(34-4)15-24(13-20)35-5/h10-15,18H,6-9,16-17H2,1-5H3,(H,27,31). The summed E-state index contributed by atoms with van der Waals surface area (Å²) < 4.78 is 21.3. The Morgan fingerprint density at radius 1 is 0.886 bits per heavy atom. The van der Waals surface area contributed by atoms with Crippen LogP contribution in [0.3, 0.4) is 0 Å². The van der Waals surface area contributed by atoms with E-state index in [1.807, 2.05) is 30.3 Å². The Hall–Kier alpha value is -3.46.